The summed E-state index contributed by atoms with van der Waals surface area (Å²) in [6, 6.07) is 10.4. The summed E-state index contributed by atoms with van der Waals surface area (Å²) in [6.07, 6.45) is 11.7. The van der Waals surface area contributed by atoms with Crippen LogP contribution in [0.2, 0.25) is 0 Å². The van der Waals surface area contributed by atoms with Crippen LogP contribution in [0.25, 0.3) is 33.6 Å². The number of piperidine rings is 1. The number of amides is 1. The fourth-order valence-corrected chi connectivity index (χ4v) is 7.93. The van der Waals surface area contributed by atoms with Gasteiger partial charge in [0.2, 0.25) is 0 Å². The average molecular weight is 604 g/mol. The van der Waals surface area contributed by atoms with Gasteiger partial charge in [-0.15, -0.1) is 0 Å². The van der Waals surface area contributed by atoms with Crippen LogP contribution < -0.4 is 15.4 Å². The molecule has 2 N–H and O–H groups in total. The smallest absolute Gasteiger partial charge is 0.254 e. The molecule has 6 heterocycles. The van der Waals surface area contributed by atoms with E-state index in [1.54, 1.807) is 19.5 Å². The summed E-state index contributed by atoms with van der Waals surface area (Å²) in [4.78, 5) is 37.0. The summed E-state index contributed by atoms with van der Waals surface area (Å²) in [5.41, 5.74) is 10.8. The molecule has 4 aliphatic rings. The minimum absolute atomic E-state index is 0.0135. The van der Waals surface area contributed by atoms with Crippen LogP contribution in [0.5, 0.6) is 5.75 Å². The molecule has 4 aromatic heterocycles. The molecule has 2 saturated heterocycles. The number of anilines is 1. The van der Waals surface area contributed by atoms with E-state index in [1.165, 1.54) is 12.8 Å². The Morgan fingerprint density at radius 3 is 2.58 bits per heavy atom. The standard InChI is InChI=1S/C34H37N9O2/c1-45-28-13-24(34(44)42-19-23-6-7-26(42)30(23)35)11-25-31(28)43(18-21-15-40(16-21)29-14-36-9-10-37-29)33(39-25)27-12-22-3-2-8-38-32(22)41(27)17-20-4-5-20/h2-3,8-14,20-21,23,26,30H,4-7,15-19,35H2,1H3/t23?,26?,30-/m1/s1. The number of carbonyl (C=O) groups is 1. The lowest BCUT2D eigenvalue weighted by Gasteiger charge is -2.40. The van der Waals surface area contributed by atoms with Gasteiger partial charge in [-0.3, -0.25) is 9.78 Å². The van der Waals surface area contributed by atoms with Gasteiger partial charge in [-0.05, 0) is 67.9 Å². The van der Waals surface area contributed by atoms with Crippen molar-refractivity contribution >= 4 is 33.8 Å². The molecule has 4 fully saturated rings. The van der Waals surface area contributed by atoms with Gasteiger partial charge in [0, 0.05) is 80.3 Å². The molecule has 2 saturated carbocycles. The molecule has 230 valence electrons. The maximum atomic E-state index is 13.9. The molecular weight excluding hydrogens is 566 g/mol. The molecule has 1 aromatic carbocycles. The van der Waals surface area contributed by atoms with Gasteiger partial charge >= 0.3 is 0 Å². The summed E-state index contributed by atoms with van der Waals surface area (Å²) in [7, 11) is 1.68. The van der Waals surface area contributed by atoms with E-state index in [0.717, 1.165) is 85.0 Å². The van der Waals surface area contributed by atoms with Crippen LogP contribution in [0, 0.1) is 17.8 Å². The molecule has 2 bridgehead atoms. The van der Waals surface area contributed by atoms with Gasteiger partial charge in [0.15, 0.2) is 5.82 Å². The molecular formula is C34H37N9O2. The number of benzene rings is 1. The Morgan fingerprint density at radius 2 is 1.84 bits per heavy atom. The second kappa shape index (κ2) is 10.3. The monoisotopic (exact) mass is 603 g/mol. The Bertz CT molecular complexity index is 1920. The number of rotatable bonds is 8. The number of methoxy groups -OCH3 is 1. The maximum Gasteiger partial charge on any atom is 0.254 e. The number of carbonyl (C=O) groups excluding carboxylic acids is 1. The van der Waals surface area contributed by atoms with Crippen LogP contribution in [0.1, 0.15) is 36.0 Å². The zero-order valence-electron chi connectivity index (χ0n) is 25.4. The zero-order valence-corrected chi connectivity index (χ0v) is 25.4. The highest BCUT2D eigenvalue weighted by atomic mass is 16.5. The van der Waals surface area contributed by atoms with Gasteiger partial charge in [-0.25, -0.2) is 15.0 Å². The molecule has 0 spiro atoms. The Kier molecular flexibility index (Phi) is 6.13. The second-order valence-corrected chi connectivity index (χ2v) is 13.4. The molecule has 3 atom stereocenters. The average Bonchev–Trinajstić information content (AvgIpc) is 3.41. The van der Waals surface area contributed by atoms with Gasteiger partial charge in [0.05, 0.1) is 24.5 Å². The Labute approximate surface area is 261 Å². The van der Waals surface area contributed by atoms with Crippen LogP contribution in [0.4, 0.5) is 5.82 Å². The molecule has 2 aliphatic heterocycles. The number of hydrogen-bond donors (Lipinski definition) is 1. The summed E-state index contributed by atoms with van der Waals surface area (Å²) >= 11 is 0. The third-order valence-corrected chi connectivity index (χ3v) is 10.5. The molecule has 2 aliphatic carbocycles. The van der Waals surface area contributed by atoms with E-state index in [2.05, 4.69) is 36.1 Å². The molecule has 0 radical (unpaired) electrons. The number of nitrogens with zero attached hydrogens (tertiary/aromatic N) is 8. The number of fused-ring (bicyclic) bond motifs is 4. The van der Waals surface area contributed by atoms with Crippen molar-refractivity contribution in [2.45, 2.75) is 50.9 Å². The van der Waals surface area contributed by atoms with Gasteiger partial charge < -0.3 is 29.4 Å². The SMILES string of the molecule is COc1cc(C(=O)N2CC3CCC2[C@@H]3N)cc2nc(-c3cc4cccnc4n3CC3CC3)n(CC3CN(c4cnccn4)C3)c12. The lowest BCUT2D eigenvalue weighted by molar-refractivity contribution is 0.0700. The van der Waals surface area contributed by atoms with E-state index < -0.39 is 0 Å². The number of likely N-dealkylation sites (tertiary alicyclic amines) is 1. The zero-order chi connectivity index (χ0) is 30.2. The highest BCUT2D eigenvalue weighted by Crippen LogP contribution is 2.41. The van der Waals surface area contributed by atoms with Crippen molar-refractivity contribution in [1.82, 2.24) is 34.0 Å². The van der Waals surface area contributed by atoms with E-state index >= 15 is 0 Å². The Morgan fingerprint density at radius 1 is 0.978 bits per heavy atom. The predicted molar refractivity (Wildman–Crippen MR) is 171 cm³/mol. The normalized spacial score (nSPS) is 22.9. The van der Waals surface area contributed by atoms with Crippen LogP contribution in [0.3, 0.4) is 0 Å². The molecule has 45 heavy (non-hydrogen) atoms. The number of imidazole rings is 1. The molecule has 11 heteroatoms. The van der Waals surface area contributed by atoms with Crippen molar-refractivity contribution in [3.63, 3.8) is 0 Å². The lowest BCUT2D eigenvalue weighted by atomic mass is 10.00. The van der Waals surface area contributed by atoms with Crippen LogP contribution in [-0.2, 0) is 13.1 Å². The van der Waals surface area contributed by atoms with Crippen LogP contribution >= 0.6 is 0 Å². The number of pyridine rings is 1. The van der Waals surface area contributed by atoms with Crippen molar-refractivity contribution in [2.75, 3.05) is 31.6 Å². The second-order valence-electron chi connectivity index (χ2n) is 13.4. The molecule has 9 rings (SSSR count). The molecule has 11 nitrogen and oxygen atoms in total. The molecule has 2 unspecified atom stereocenters. The first kappa shape index (κ1) is 26.9. The fourth-order valence-electron chi connectivity index (χ4n) is 7.93. The van der Waals surface area contributed by atoms with E-state index in [4.69, 9.17) is 20.4 Å². The highest BCUT2D eigenvalue weighted by Gasteiger charge is 2.47. The van der Waals surface area contributed by atoms with Gasteiger partial charge in [-0.1, -0.05) is 0 Å². The topological polar surface area (TPSA) is 120 Å². The van der Waals surface area contributed by atoms with E-state index in [-0.39, 0.29) is 18.0 Å². The molecule has 5 aromatic rings. The van der Waals surface area contributed by atoms with Crippen molar-refractivity contribution < 1.29 is 9.53 Å². The predicted octanol–water partition coefficient (Wildman–Crippen LogP) is 3.96. The fraction of sp³-hybridized carbons (Fsp3) is 0.441. The first-order valence-corrected chi connectivity index (χ1v) is 16.2. The minimum Gasteiger partial charge on any atom is -0.494 e. The molecule has 1 amide bonds. The quantitative estimate of drug-likeness (QED) is 0.283. The van der Waals surface area contributed by atoms with Gasteiger partial charge in [0.25, 0.3) is 5.91 Å². The highest BCUT2D eigenvalue weighted by molar-refractivity contribution is 6.00. The summed E-state index contributed by atoms with van der Waals surface area (Å²) in [6.45, 7) is 4.15. The largest absolute Gasteiger partial charge is 0.494 e. The van der Waals surface area contributed by atoms with Crippen molar-refractivity contribution in [2.24, 2.45) is 23.5 Å². The van der Waals surface area contributed by atoms with E-state index in [0.29, 0.717) is 29.1 Å². The third-order valence-electron chi connectivity index (χ3n) is 10.5. The number of ether oxygens (including phenoxy) is 1. The van der Waals surface area contributed by atoms with Crippen LogP contribution in [0.15, 0.2) is 55.1 Å². The van der Waals surface area contributed by atoms with Crippen molar-refractivity contribution in [3.8, 4) is 17.3 Å². The lowest BCUT2D eigenvalue weighted by Crippen LogP contribution is -2.49. The minimum atomic E-state index is 0.0135. The van der Waals surface area contributed by atoms with Crippen molar-refractivity contribution in [3.05, 3.63) is 60.7 Å². The number of aromatic nitrogens is 6. The first-order chi connectivity index (χ1) is 22.1. The third kappa shape index (κ3) is 4.39. The Balaban J connectivity index is 1.15. The van der Waals surface area contributed by atoms with Crippen molar-refractivity contribution in [1.29, 1.82) is 0 Å². The summed E-state index contributed by atoms with van der Waals surface area (Å²) < 4.78 is 10.7. The van der Waals surface area contributed by atoms with E-state index in [1.807, 2.05) is 35.5 Å². The Hall–Kier alpha value is -4.51. The van der Waals surface area contributed by atoms with E-state index in [9.17, 15) is 4.79 Å². The van der Waals surface area contributed by atoms with Crippen LogP contribution in [-0.4, -0.2) is 78.7 Å². The van der Waals surface area contributed by atoms with Gasteiger partial charge in [0.1, 0.15) is 22.7 Å². The summed E-state index contributed by atoms with van der Waals surface area (Å²) in [5, 5.41) is 1.10. The summed E-state index contributed by atoms with van der Waals surface area (Å²) in [5.74, 6) is 3.89. The van der Waals surface area contributed by atoms with Gasteiger partial charge in [-0.2, -0.15) is 0 Å². The first-order valence-electron chi connectivity index (χ1n) is 16.2. The maximum absolute atomic E-state index is 13.9. The number of hydrogen-bond acceptors (Lipinski definition) is 8. The number of nitrogens with two attached hydrogens (primary N) is 1.